The molecular formula is C26H29N3O3. The molecule has 1 saturated heterocycles. The van der Waals surface area contributed by atoms with Crippen LogP contribution in [0.4, 0.5) is 5.69 Å². The van der Waals surface area contributed by atoms with Gasteiger partial charge in [-0.3, -0.25) is 9.59 Å². The second-order valence-electron chi connectivity index (χ2n) is 8.41. The Bertz CT molecular complexity index is 1090. The number of benzene rings is 2. The van der Waals surface area contributed by atoms with Gasteiger partial charge in [-0.1, -0.05) is 30.3 Å². The summed E-state index contributed by atoms with van der Waals surface area (Å²) >= 11 is 0. The highest BCUT2D eigenvalue weighted by Crippen LogP contribution is 2.23. The van der Waals surface area contributed by atoms with Gasteiger partial charge in [0.1, 0.15) is 0 Å². The molecule has 1 aromatic heterocycles. The molecule has 1 unspecified atom stereocenters. The molecule has 0 aliphatic carbocycles. The van der Waals surface area contributed by atoms with Crippen LogP contribution >= 0.6 is 0 Å². The first kappa shape index (κ1) is 21.8. The molecule has 166 valence electrons. The van der Waals surface area contributed by atoms with Crippen molar-refractivity contribution in [2.45, 2.75) is 52.0 Å². The van der Waals surface area contributed by atoms with Crippen LogP contribution in [0.5, 0.6) is 0 Å². The van der Waals surface area contributed by atoms with E-state index in [1.165, 1.54) is 6.42 Å². The topological polar surface area (TPSA) is 75.4 Å². The monoisotopic (exact) mass is 431 g/mol. The van der Waals surface area contributed by atoms with Gasteiger partial charge in [-0.05, 0) is 56.9 Å². The normalized spacial score (nSPS) is 16.1. The van der Waals surface area contributed by atoms with E-state index in [0.717, 1.165) is 36.2 Å². The number of amides is 2. The average Bonchev–Trinajstić information content (AvgIpc) is 3.29. The summed E-state index contributed by atoms with van der Waals surface area (Å²) in [6.45, 7) is 4.83. The number of hydrogen-bond acceptors (Lipinski definition) is 4. The summed E-state index contributed by atoms with van der Waals surface area (Å²) in [5.41, 5.74) is 3.22. The summed E-state index contributed by atoms with van der Waals surface area (Å²) in [6.07, 6.45) is 5.65. The van der Waals surface area contributed by atoms with Gasteiger partial charge in [0.25, 0.3) is 5.91 Å². The molecule has 1 aliphatic rings. The van der Waals surface area contributed by atoms with Crippen LogP contribution in [0.3, 0.4) is 0 Å². The molecule has 1 aliphatic heterocycles. The molecule has 3 aromatic rings. The number of oxazole rings is 1. The minimum absolute atomic E-state index is 0.0660. The highest BCUT2D eigenvalue weighted by molar-refractivity contribution is 5.96. The van der Waals surface area contributed by atoms with Gasteiger partial charge in [-0.2, -0.15) is 0 Å². The van der Waals surface area contributed by atoms with Gasteiger partial charge in [-0.25, -0.2) is 4.98 Å². The maximum absolute atomic E-state index is 12.9. The number of carbonyl (C=O) groups is 2. The van der Waals surface area contributed by atoms with Crippen LogP contribution in [0.15, 0.2) is 59.1 Å². The highest BCUT2D eigenvalue weighted by atomic mass is 16.4. The molecule has 2 amide bonds. The SMILES string of the molecule is Cc1cc(C(=O)N2CCCCC2C)ccc1NC(=O)CCc1ncc(-c2ccccc2)o1. The zero-order chi connectivity index (χ0) is 22.5. The van der Waals surface area contributed by atoms with Crippen LogP contribution < -0.4 is 5.32 Å². The lowest BCUT2D eigenvalue weighted by Gasteiger charge is -2.33. The Hall–Kier alpha value is -3.41. The molecule has 1 N–H and O–H groups in total. The van der Waals surface area contributed by atoms with Crippen LogP contribution in [0.1, 0.15) is 54.4 Å². The lowest BCUT2D eigenvalue weighted by atomic mass is 10.0. The molecule has 0 bridgehead atoms. The van der Waals surface area contributed by atoms with E-state index in [1.807, 2.05) is 54.3 Å². The van der Waals surface area contributed by atoms with Crippen LogP contribution in [0, 0.1) is 6.92 Å². The third-order valence-corrected chi connectivity index (χ3v) is 5.99. The highest BCUT2D eigenvalue weighted by Gasteiger charge is 2.24. The standard InChI is InChI=1S/C26H29N3O3/c1-18-16-21(26(31)29-15-7-6-8-19(29)2)11-12-22(18)28-24(30)13-14-25-27-17-23(32-25)20-9-4-3-5-10-20/h3-5,9-12,16-17,19H,6-8,13-15H2,1-2H3,(H,28,30). The summed E-state index contributed by atoms with van der Waals surface area (Å²) in [4.78, 5) is 31.6. The third kappa shape index (κ3) is 5.07. The lowest BCUT2D eigenvalue weighted by Crippen LogP contribution is -2.42. The number of anilines is 1. The zero-order valence-corrected chi connectivity index (χ0v) is 18.6. The van der Waals surface area contributed by atoms with E-state index >= 15 is 0 Å². The molecule has 0 radical (unpaired) electrons. The number of carbonyl (C=O) groups excluding carboxylic acids is 2. The number of hydrogen-bond donors (Lipinski definition) is 1. The molecule has 1 fully saturated rings. The second-order valence-corrected chi connectivity index (χ2v) is 8.41. The van der Waals surface area contributed by atoms with Crippen LogP contribution in [-0.2, 0) is 11.2 Å². The van der Waals surface area contributed by atoms with Gasteiger partial charge in [0.15, 0.2) is 11.7 Å². The Balaban J connectivity index is 1.33. The predicted molar refractivity (Wildman–Crippen MR) is 124 cm³/mol. The number of likely N-dealkylation sites (tertiary alicyclic amines) is 1. The summed E-state index contributed by atoms with van der Waals surface area (Å²) in [5, 5.41) is 2.94. The maximum Gasteiger partial charge on any atom is 0.254 e. The van der Waals surface area contributed by atoms with Gasteiger partial charge in [-0.15, -0.1) is 0 Å². The van der Waals surface area contributed by atoms with E-state index in [2.05, 4.69) is 17.2 Å². The smallest absolute Gasteiger partial charge is 0.254 e. The van der Waals surface area contributed by atoms with E-state index in [9.17, 15) is 9.59 Å². The van der Waals surface area contributed by atoms with Crippen molar-refractivity contribution in [2.75, 3.05) is 11.9 Å². The van der Waals surface area contributed by atoms with Crippen molar-refractivity contribution in [1.82, 2.24) is 9.88 Å². The number of nitrogens with one attached hydrogen (secondary N) is 1. The fourth-order valence-corrected chi connectivity index (χ4v) is 4.10. The minimum Gasteiger partial charge on any atom is -0.441 e. The fourth-order valence-electron chi connectivity index (χ4n) is 4.10. The summed E-state index contributed by atoms with van der Waals surface area (Å²) in [5.74, 6) is 1.18. The molecule has 1 atom stereocenters. The largest absolute Gasteiger partial charge is 0.441 e. The first-order chi connectivity index (χ1) is 15.5. The molecule has 0 spiro atoms. The van der Waals surface area contributed by atoms with Crippen LogP contribution in [-0.4, -0.2) is 34.3 Å². The Kier molecular flexibility index (Phi) is 6.69. The van der Waals surface area contributed by atoms with E-state index in [1.54, 1.807) is 12.3 Å². The predicted octanol–water partition coefficient (Wildman–Crippen LogP) is 5.24. The van der Waals surface area contributed by atoms with Gasteiger partial charge in [0, 0.05) is 42.2 Å². The van der Waals surface area contributed by atoms with Gasteiger partial charge >= 0.3 is 0 Å². The van der Waals surface area contributed by atoms with Crippen molar-refractivity contribution in [3.8, 4) is 11.3 Å². The van der Waals surface area contributed by atoms with Crippen molar-refractivity contribution in [3.63, 3.8) is 0 Å². The van der Waals surface area contributed by atoms with E-state index in [0.29, 0.717) is 23.6 Å². The van der Waals surface area contributed by atoms with Gasteiger partial charge < -0.3 is 14.6 Å². The number of rotatable bonds is 6. The Labute approximate surface area is 188 Å². The molecule has 4 rings (SSSR count). The number of aromatic nitrogens is 1. The lowest BCUT2D eigenvalue weighted by molar-refractivity contribution is -0.116. The Morgan fingerprint density at radius 2 is 1.97 bits per heavy atom. The van der Waals surface area contributed by atoms with E-state index in [4.69, 9.17) is 4.42 Å². The minimum atomic E-state index is -0.115. The van der Waals surface area contributed by atoms with Crippen LogP contribution in [0.25, 0.3) is 11.3 Å². The Morgan fingerprint density at radius 3 is 2.72 bits per heavy atom. The molecule has 32 heavy (non-hydrogen) atoms. The quantitative estimate of drug-likeness (QED) is 0.579. The number of piperidine rings is 1. The first-order valence-electron chi connectivity index (χ1n) is 11.2. The fraction of sp³-hybridized carbons (Fsp3) is 0.346. The van der Waals surface area contributed by atoms with E-state index in [-0.39, 0.29) is 24.3 Å². The maximum atomic E-state index is 12.9. The van der Waals surface area contributed by atoms with E-state index < -0.39 is 0 Å². The molecule has 2 aromatic carbocycles. The number of aryl methyl sites for hydroxylation is 2. The molecule has 6 nitrogen and oxygen atoms in total. The second kappa shape index (κ2) is 9.81. The first-order valence-corrected chi connectivity index (χ1v) is 11.2. The molecule has 6 heteroatoms. The van der Waals surface area contributed by atoms with Crippen molar-refractivity contribution in [1.29, 1.82) is 0 Å². The Morgan fingerprint density at radius 1 is 1.16 bits per heavy atom. The van der Waals surface area contributed by atoms with Gasteiger partial charge in [0.05, 0.1) is 6.20 Å². The third-order valence-electron chi connectivity index (χ3n) is 5.99. The van der Waals surface area contributed by atoms with Crippen molar-refractivity contribution in [2.24, 2.45) is 0 Å². The van der Waals surface area contributed by atoms with Crippen LogP contribution in [0.2, 0.25) is 0 Å². The summed E-state index contributed by atoms with van der Waals surface area (Å²) in [7, 11) is 0. The molecule has 2 heterocycles. The van der Waals surface area contributed by atoms with Crippen molar-refractivity contribution >= 4 is 17.5 Å². The van der Waals surface area contributed by atoms with Gasteiger partial charge in [0.2, 0.25) is 5.91 Å². The number of nitrogens with zero attached hydrogens (tertiary/aromatic N) is 2. The zero-order valence-electron chi connectivity index (χ0n) is 18.6. The van der Waals surface area contributed by atoms with Crippen molar-refractivity contribution in [3.05, 3.63) is 71.7 Å². The van der Waals surface area contributed by atoms with Crippen molar-refractivity contribution < 1.29 is 14.0 Å². The summed E-state index contributed by atoms with van der Waals surface area (Å²) < 4.78 is 5.77. The summed E-state index contributed by atoms with van der Waals surface area (Å²) in [6, 6.07) is 15.5. The molecular weight excluding hydrogens is 402 g/mol. The molecule has 0 saturated carbocycles. The average molecular weight is 432 g/mol.